The van der Waals surface area contributed by atoms with Crippen LogP contribution in [0.1, 0.15) is 34.2 Å². The minimum atomic E-state index is -4.46. The summed E-state index contributed by atoms with van der Waals surface area (Å²) in [6.07, 6.45) is -1.43. The van der Waals surface area contributed by atoms with Crippen LogP contribution >= 0.6 is 0 Å². The maximum atomic E-state index is 13.6. The highest BCUT2D eigenvalue weighted by atomic mass is 19.4. The lowest BCUT2D eigenvalue weighted by Gasteiger charge is -2.32. The van der Waals surface area contributed by atoms with Gasteiger partial charge in [-0.2, -0.15) is 13.2 Å². The molecule has 0 bridgehead atoms. The van der Waals surface area contributed by atoms with Crippen molar-refractivity contribution in [3.63, 3.8) is 0 Å². The van der Waals surface area contributed by atoms with Gasteiger partial charge in [0.2, 0.25) is 0 Å². The zero-order valence-corrected chi connectivity index (χ0v) is 20.3. The van der Waals surface area contributed by atoms with Crippen LogP contribution < -0.4 is 10.6 Å². The first kappa shape index (κ1) is 24.7. The van der Waals surface area contributed by atoms with Gasteiger partial charge in [-0.3, -0.25) is 0 Å². The Balaban J connectivity index is 1.24. The molecule has 5 nitrogen and oxygen atoms in total. The maximum absolute atomic E-state index is 13.6. The number of nitrogen functional groups attached to an aromatic ring is 1. The summed E-state index contributed by atoms with van der Waals surface area (Å²) in [4.78, 5) is 16.0. The van der Waals surface area contributed by atoms with Gasteiger partial charge in [0.15, 0.2) is 0 Å². The van der Waals surface area contributed by atoms with Crippen molar-refractivity contribution in [3.8, 4) is 0 Å². The van der Waals surface area contributed by atoms with Crippen LogP contribution in [0, 0.1) is 0 Å². The van der Waals surface area contributed by atoms with Crippen molar-refractivity contribution < 1.29 is 22.7 Å². The van der Waals surface area contributed by atoms with Gasteiger partial charge in [-0.05, 0) is 58.9 Å². The normalized spacial score (nSPS) is 15.7. The summed E-state index contributed by atoms with van der Waals surface area (Å²) in [5.74, 6) is 0. The number of amides is 1. The molecule has 0 unspecified atom stereocenters. The number of ether oxygens (including phenoxy) is 1. The monoisotopic (exact) mass is 507 g/mol. The van der Waals surface area contributed by atoms with Crippen molar-refractivity contribution in [1.82, 2.24) is 4.90 Å². The molecule has 2 aliphatic rings. The van der Waals surface area contributed by atoms with E-state index in [1.54, 1.807) is 9.80 Å². The molecular weight excluding hydrogens is 479 g/mol. The fraction of sp³-hybridized carbons (Fsp3) is 0.276. The Morgan fingerprint density at radius 1 is 0.946 bits per heavy atom. The summed E-state index contributed by atoms with van der Waals surface area (Å²) in [5.41, 5.74) is 10.6. The summed E-state index contributed by atoms with van der Waals surface area (Å²) in [7, 11) is 0. The molecule has 3 aromatic carbocycles. The smallest absolute Gasteiger partial charge is 0.418 e. The van der Waals surface area contributed by atoms with E-state index in [2.05, 4.69) is 6.07 Å². The van der Waals surface area contributed by atoms with Crippen molar-refractivity contribution in [2.24, 2.45) is 0 Å². The topological polar surface area (TPSA) is 58.8 Å². The largest absolute Gasteiger partial charge is 0.445 e. The van der Waals surface area contributed by atoms with E-state index in [-0.39, 0.29) is 24.1 Å². The van der Waals surface area contributed by atoms with Crippen molar-refractivity contribution in [2.45, 2.75) is 32.2 Å². The van der Waals surface area contributed by atoms with Gasteiger partial charge in [0.25, 0.3) is 0 Å². The summed E-state index contributed by atoms with van der Waals surface area (Å²) < 4.78 is 46.1. The fourth-order valence-corrected chi connectivity index (χ4v) is 4.93. The molecule has 0 saturated heterocycles. The van der Waals surface area contributed by atoms with E-state index < -0.39 is 11.7 Å². The number of carbonyl (C=O) groups excluding carboxylic acids is 1. The number of hydrogen-bond acceptors (Lipinski definition) is 4. The number of fused-ring (bicyclic) bond motifs is 1. The van der Waals surface area contributed by atoms with Gasteiger partial charge in [-0.15, -0.1) is 0 Å². The molecule has 0 aromatic heterocycles. The van der Waals surface area contributed by atoms with Crippen molar-refractivity contribution in [3.05, 3.63) is 101 Å². The van der Waals surface area contributed by atoms with Gasteiger partial charge in [0.1, 0.15) is 6.61 Å². The number of anilines is 2. The molecule has 0 aliphatic carbocycles. The van der Waals surface area contributed by atoms with Crippen LogP contribution in [0.25, 0.3) is 5.57 Å². The zero-order valence-electron chi connectivity index (χ0n) is 20.3. The van der Waals surface area contributed by atoms with E-state index in [4.69, 9.17) is 10.5 Å². The SMILES string of the molecule is Nc1ccc(N2CC=C(c3ccc4c(c3)CCN(C(=O)OCc3ccccc3)C4)CC2)c(C(F)(F)F)c1. The predicted octanol–water partition coefficient (Wildman–Crippen LogP) is 6.28. The standard InChI is InChI=1S/C29H28F3N3O2/c30-29(31,32)26-17-25(33)8-9-27(26)34-13-10-21(11-14-34)22-6-7-24-18-35(15-12-23(24)16-22)28(36)37-19-20-4-2-1-3-5-20/h1-10,16-17H,11-15,18-19,33H2. The lowest BCUT2D eigenvalue weighted by molar-refractivity contribution is -0.137. The minimum absolute atomic E-state index is 0.0985. The first-order valence-corrected chi connectivity index (χ1v) is 12.3. The number of carbonyl (C=O) groups is 1. The van der Waals surface area contributed by atoms with Crippen molar-refractivity contribution >= 4 is 23.0 Å². The van der Waals surface area contributed by atoms with Gasteiger partial charge >= 0.3 is 12.3 Å². The van der Waals surface area contributed by atoms with Gasteiger partial charge in [-0.25, -0.2) is 4.79 Å². The Morgan fingerprint density at radius 2 is 1.76 bits per heavy atom. The van der Waals surface area contributed by atoms with Crippen LogP contribution in [0.3, 0.4) is 0 Å². The summed E-state index contributed by atoms with van der Waals surface area (Å²) in [6, 6.07) is 19.8. The molecule has 2 aliphatic heterocycles. The molecule has 2 N–H and O–H groups in total. The van der Waals surface area contributed by atoms with Crippen molar-refractivity contribution in [2.75, 3.05) is 30.3 Å². The van der Waals surface area contributed by atoms with Crippen LogP contribution in [-0.4, -0.2) is 30.6 Å². The van der Waals surface area contributed by atoms with Gasteiger partial charge in [0.05, 0.1) is 5.56 Å². The second kappa shape index (κ2) is 10.2. The molecule has 2 heterocycles. The Bertz CT molecular complexity index is 1320. The molecule has 5 rings (SSSR count). The third-order valence-electron chi connectivity index (χ3n) is 6.93. The molecule has 0 spiro atoms. The predicted molar refractivity (Wildman–Crippen MR) is 138 cm³/mol. The van der Waals surface area contributed by atoms with Crippen LogP contribution in [0.15, 0.2) is 72.8 Å². The Hall–Kier alpha value is -3.94. The third-order valence-corrected chi connectivity index (χ3v) is 6.93. The highest BCUT2D eigenvalue weighted by Crippen LogP contribution is 2.39. The summed E-state index contributed by atoms with van der Waals surface area (Å²) >= 11 is 0. The van der Waals surface area contributed by atoms with Crippen LogP contribution in [0.2, 0.25) is 0 Å². The minimum Gasteiger partial charge on any atom is -0.445 e. The number of alkyl halides is 3. The number of hydrogen-bond donors (Lipinski definition) is 1. The van der Waals surface area contributed by atoms with Crippen LogP contribution in [0.5, 0.6) is 0 Å². The highest BCUT2D eigenvalue weighted by molar-refractivity contribution is 5.72. The highest BCUT2D eigenvalue weighted by Gasteiger charge is 2.35. The van der Waals surface area contributed by atoms with Crippen LogP contribution in [0.4, 0.5) is 29.3 Å². The number of nitrogens with zero attached hydrogens (tertiary/aromatic N) is 2. The molecule has 3 aromatic rings. The van der Waals surface area contributed by atoms with Crippen LogP contribution in [-0.2, 0) is 30.5 Å². The van der Waals surface area contributed by atoms with E-state index in [0.717, 1.165) is 34.8 Å². The van der Waals surface area contributed by atoms with Crippen molar-refractivity contribution in [1.29, 1.82) is 0 Å². The molecule has 1 amide bonds. The number of rotatable bonds is 4. The Kier molecular flexibility index (Phi) is 6.82. The molecular formula is C29H28F3N3O2. The van der Waals surface area contributed by atoms with Gasteiger partial charge in [0, 0.05) is 37.6 Å². The quantitative estimate of drug-likeness (QED) is 0.423. The fourth-order valence-electron chi connectivity index (χ4n) is 4.93. The molecule has 37 heavy (non-hydrogen) atoms. The molecule has 0 atom stereocenters. The summed E-state index contributed by atoms with van der Waals surface area (Å²) in [5, 5.41) is 0. The van der Waals surface area contributed by atoms with E-state index in [0.29, 0.717) is 32.6 Å². The van der Waals surface area contributed by atoms with Gasteiger partial charge < -0.3 is 20.3 Å². The zero-order chi connectivity index (χ0) is 26.0. The first-order valence-electron chi connectivity index (χ1n) is 12.3. The Morgan fingerprint density at radius 3 is 2.49 bits per heavy atom. The third kappa shape index (κ3) is 5.58. The van der Waals surface area contributed by atoms with E-state index in [1.165, 1.54) is 17.7 Å². The summed E-state index contributed by atoms with van der Waals surface area (Å²) in [6.45, 7) is 2.19. The van der Waals surface area contributed by atoms with Gasteiger partial charge in [-0.1, -0.05) is 54.6 Å². The van der Waals surface area contributed by atoms with E-state index in [9.17, 15) is 18.0 Å². The average molecular weight is 508 g/mol. The van der Waals surface area contributed by atoms with E-state index in [1.807, 2.05) is 48.5 Å². The molecule has 8 heteroatoms. The molecule has 0 saturated carbocycles. The number of halogens is 3. The molecule has 0 radical (unpaired) electrons. The first-order chi connectivity index (χ1) is 17.8. The molecule has 0 fully saturated rings. The lowest BCUT2D eigenvalue weighted by atomic mass is 9.92. The number of benzene rings is 3. The number of nitrogens with two attached hydrogens (primary N) is 1. The second-order valence-electron chi connectivity index (χ2n) is 9.39. The lowest BCUT2D eigenvalue weighted by Crippen LogP contribution is -2.36. The average Bonchev–Trinajstić information content (AvgIpc) is 2.91. The molecule has 192 valence electrons. The maximum Gasteiger partial charge on any atom is 0.418 e. The Labute approximate surface area is 213 Å². The van der Waals surface area contributed by atoms with E-state index >= 15 is 0 Å². The second-order valence-corrected chi connectivity index (χ2v) is 9.39.